The number of methoxy groups -OCH3 is 1. The van der Waals surface area contributed by atoms with Crippen molar-refractivity contribution < 1.29 is 14.2 Å². The number of nitrogens with zero attached hydrogens (tertiary/aromatic N) is 4. The molecule has 0 amide bonds. The molecule has 0 atom stereocenters. The largest absolute Gasteiger partial charge is 0.494 e. The van der Waals surface area contributed by atoms with E-state index in [4.69, 9.17) is 14.2 Å². The van der Waals surface area contributed by atoms with E-state index in [0.29, 0.717) is 30.7 Å². The molecule has 1 aliphatic heterocycles. The van der Waals surface area contributed by atoms with Gasteiger partial charge in [0, 0.05) is 13.1 Å². The van der Waals surface area contributed by atoms with Gasteiger partial charge in [-0.05, 0) is 55.4 Å². The van der Waals surface area contributed by atoms with Gasteiger partial charge in [0.25, 0.3) is 5.56 Å². The molecule has 1 fully saturated rings. The zero-order valence-electron chi connectivity index (χ0n) is 19.5. The van der Waals surface area contributed by atoms with Crippen LogP contribution in [0.2, 0.25) is 0 Å². The van der Waals surface area contributed by atoms with E-state index in [0.717, 1.165) is 48.7 Å². The van der Waals surface area contributed by atoms with Crippen molar-refractivity contribution in [3.63, 3.8) is 0 Å². The summed E-state index contributed by atoms with van der Waals surface area (Å²) in [7, 11) is 3.36. The average Bonchev–Trinajstić information content (AvgIpc) is 2.88. The molecule has 0 saturated heterocycles. The fourth-order valence-electron chi connectivity index (χ4n) is 4.60. The molecule has 3 aromatic rings. The number of aryl methyl sites for hydroxylation is 1. The highest BCUT2D eigenvalue weighted by molar-refractivity contribution is 5.86. The maximum atomic E-state index is 12.3. The first-order chi connectivity index (χ1) is 16.6. The van der Waals surface area contributed by atoms with Crippen LogP contribution >= 0.6 is 0 Å². The van der Waals surface area contributed by atoms with Gasteiger partial charge in [-0.1, -0.05) is 6.08 Å². The smallest absolute Gasteiger partial charge is 0.269 e. The molecule has 0 bridgehead atoms. The first-order valence-corrected chi connectivity index (χ1v) is 11.7. The summed E-state index contributed by atoms with van der Waals surface area (Å²) in [5.74, 6) is 1.95. The summed E-state index contributed by atoms with van der Waals surface area (Å²) < 4.78 is 18.7. The van der Waals surface area contributed by atoms with Gasteiger partial charge in [0.2, 0.25) is 5.95 Å². The van der Waals surface area contributed by atoms with Crippen LogP contribution in [0.1, 0.15) is 37.7 Å². The number of benzene rings is 1. The third kappa shape index (κ3) is 4.75. The Morgan fingerprint density at radius 1 is 1.09 bits per heavy atom. The molecule has 178 valence electrons. The van der Waals surface area contributed by atoms with Crippen molar-refractivity contribution in [3.8, 4) is 11.5 Å². The van der Waals surface area contributed by atoms with E-state index in [1.807, 2.05) is 6.07 Å². The summed E-state index contributed by atoms with van der Waals surface area (Å²) in [6, 6.07) is 4.37. The lowest BCUT2D eigenvalue weighted by molar-refractivity contribution is 0.151. The van der Waals surface area contributed by atoms with Crippen molar-refractivity contribution in [3.05, 3.63) is 52.7 Å². The standard InChI is InChI=1S/C25H29N5O4/c1-30-23(31)15-26-21-11-17(16-7-9-33-10-8-16)12-22(24(21)30)34-19-5-3-18(4-6-19)29-25-27-13-20(32-2)14-28-25/h7,11-15,18-19H,3-6,8-10H2,1-2H3,(H,27,28,29). The minimum absolute atomic E-state index is 0.0623. The molecule has 1 aliphatic carbocycles. The Kier molecular flexibility index (Phi) is 6.44. The van der Waals surface area contributed by atoms with Gasteiger partial charge in [0.1, 0.15) is 11.3 Å². The molecule has 2 aliphatic rings. The summed E-state index contributed by atoms with van der Waals surface area (Å²) in [6.07, 6.45) is 11.4. The van der Waals surface area contributed by atoms with Crippen LogP contribution in [0, 0.1) is 0 Å². The predicted octanol–water partition coefficient (Wildman–Crippen LogP) is 3.34. The Balaban J connectivity index is 1.33. The minimum Gasteiger partial charge on any atom is -0.494 e. The highest BCUT2D eigenvalue weighted by Gasteiger charge is 2.24. The van der Waals surface area contributed by atoms with Gasteiger partial charge in [-0.2, -0.15) is 0 Å². The molecular weight excluding hydrogens is 434 g/mol. The molecule has 3 heterocycles. The van der Waals surface area contributed by atoms with Crippen LogP contribution < -0.4 is 20.3 Å². The fourth-order valence-corrected chi connectivity index (χ4v) is 4.60. The first kappa shape index (κ1) is 22.3. The Labute approximate surface area is 197 Å². The summed E-state index contributed by atoms with van der Waals surface area (Å²) in [4.78, 5) is 25.3. The lowest BCUT2D eigenvalue weighted by Crippen LogP contribution is -2.32. The predicted molar refractivity (Wildman–Crippen MR) is 129 cm³/mol. The molecule has 0 spiro atoms. The third-order valence-corrected chi connectivity index (χ3v) is 6.53. The van der Waals surface area contributed by atoms with Crippen LogP contribution in [0.4, 0.5) is 5.95 Å². The highest BCUT2D eigenvalue weighted by Crippen LogP contribution is 2.33. The van der Waals surface area contributed by atoms with Crippen LogP contribution in [-0.4, -0.2) is 52.0 Å². The number of ether oxygens (including phenoxy) is 3. The average molecular weight is 464 g/mol. The van der Waals surface area contributed by atoms with Crippen LogP contribution in [0.5, 0.6) is 11.5 Å². The quantitative estimate of drug-likeness (QED) is 0.594. The number of hydrogen-bond acceptors (Lipinski definition) is 8. The van der Waals surface area contributed by atoms with E-state index < -0.39 is 0 Å². The highest BCUT2D eigenvalue weighted by atomic mass is 16.5. The molecule has 2 aromatic heterocycles. The molecular formula is C25H29N5O4. The van der Waals surface area contributed by atoms with Gasteiger partial charge in [0.15, 0.2) is 5.75 Å². The maximum Gasteiger partial charge on any atom is 0.269 e. The normalized spacial score (nSPS) is 20.6. The third-order valence-electron chi connectivity index (χ3n) is 6.53. The van der Waals surface area contributed by atoms with Gasteiger partial charge in [0.05, 0.1) is 50.5 Å². The molecule has 0 radical (unpaired) electrons. The fraction of sp³-hybridized carbons (Fsp3) is 0.440. The van der Waals surface area contributed by atoms with E-state index in [-0.39, 0.29) is 17.7 Å². The Bertz CT molecular complexity index is 1250. The molecule has 34 heavy (non-hydrogen) atoms. The summed E-state index contributed by atoms with van der Waals surface area (Å²) in [5.41, 5.74) is 3.64. The van der Waals surface area contributed by atoms with Gasteiger partial charge in [-0.25, -0.2) is 15.0 Å². The summed E-state index contributed by atoms with van der Waals surface area (Å²) >= 11 is 0. The molecule has 5 rings (SSSR count). The second-order valence-corrected chi connectivity index (χ2v) is 8.73. The minimum atomic E-state index is -0.150. The topological polar surface area (TPSA) is 100 Å². The second-order valence-electron chi connectivity index (χ2n) is 8.73. The lowest BCUT2D eigenvalue weighted by atomic mass is 9.93. The van der Waals surface area contributed by atoms with Gasteiger partial charge >= 0.3 is 0 Å². The van der Waals surface area contributed by atoms with Gasteiger partial charge in [-0.3, -0.25) is 4.79 Å². The van der Waals surface area contributed by atoms with Crippen LogP contribution in [-0.2, 0) is 11.8 Å². The molecule has 1 saturated carbocycles. The Morgan fingerprint density at radius 2 is 1.88 bits per heavy atom. The van der Waals surface area contributed by atoms with E-state index >= 15 is 0 Å². The first-order valence-electron chi connectivity index (χ1n) is 11.7. The maximum absolute atomic E-state index is 12.3. The van der Waals surface area contributed by atoms with Gasteiger partial charge in [-0.15, -0.1) is 0 Å². The second kappa shape index (κ2) is 9.80. The molecule has 9 nitrogen and oxygen atoms in total. The van der Waals surface area contributed by atoms with Crippen molar-refractivity contribution in [1.82, 2.24) is 19.5 Å². The molecule has 1 N–H and O–H groups in total. The van der Waals surface area contributed by atoms with Crippen molar-refractivity contribution in [1.29, 1.82) is 0 Å². The van der Waals surface area contributed by atoms with Crippen LogP contribution in [0.15, 0.2) is 41.6 Å². The molecule has 9 heteroatoms. The Morgan fingerprint density at radius 3 is 2.59 bits per heavy atom. The zero-order chi connectivity index (χ0) is 23.5. The van der Waals surface area contributed by atoms with E-state index in [1.54, 1.807) is 31.1 Å². The number of rotatable bonds is 6. The summed E-state index contributed by atoms with van der Waals surface area (Å²) in [5, 5.41) is 3.41. The Hall–Kier alpha value is -3.46. The number of fused-ring (bicyclic) bond motifs is 1. The number of nitrogens with one attached hydrogen (secondary N) is 1. The number of hydrogen-bond donors (Lipinski definition) is 1. The van der Waals surface area contributed by atoms with Crippen LogP contribution in [0.25, 0.3) is 16.6 Å². The van der Waals surface area contributed by atoms with E-state index in [1.165, 1.54) is 11.8 Å². The zero-order valence-corrected chi connectivity index (χ0v) is 19.5. The number of aromatic nitrogens is 4. The van der Waals surface area contributed by atoms with Crippen LogP contribution in [0.3, 0.4) is 0 Å². The molecule has 1 aromatic carbocycles. The van der Waals surface area contributed by atoms with E-state index in [2.05, 4.69) is 32.4 Å². The molecule has 0 unspecified atom stereocenters. The SMILES string of the molecule is COc1cnc(NC2CCC(Oc3cc(C4=CCOCC4)cc4ncc(=O)n(C)c34)CC2)nc1. The monoisotopic (exact) mass is 463 g/mol. The number of anilines is 1. The summed E-state index contributed by atoms with van der Waals surface area (Å²) in [6.45, 7) is 1.31. The lowest BCUT2D eigenvalue weighted by Gasteiger charge is -2.30. The van der Waals surface area contributed by atoms with Crippen molar-refractivity contribution >= 4 is 22.6 Å². The van der Waals surface area contributed by atoms with E-state index in [9.17, 15) is 4.79 Å². The van der Waals surface area contributed by atoms with Crippen molar-refractivity contribution in [2.75, 3.05) is 25.6 Å². The van der Waals surface area contributed by atoms with Crippen molar-refractivity contribution in [2.45, 2.75) is 44.2 Å². The van der Waals surface area contributed by atoms with Gasteiger partial charge < -0.3 is 24.1 Å². The van der Waals surface area contributed by atoms with Crippen molar-refractivity contribution in [2.24, 2.45) is 7.05 Å².